The molecule has 1 N–H and O–H groups in total. The van der Waals surface area contributed by atoms with Crippen LogP contribution in [0.3, 0.4) is 0 Å². The number of rotatable bonds is 10. The summed E-state index contributed by atoms with van der Waals surface area (Å²) < 4.78 is 69.1. The van der Waals surface area contributed by atoms with Crippen LogP contribution in [0.4, 0.5) is 0 Å². The second kappa shape index (κ2) is 12.8. The summed E-state index contributed by atoms with van der Waals surface area (Å²) >= 11 is 0. The lowest BCUT2D eigenvalue weighted by Crippen LogP contribution is -2.54. The van der Waals surface area contributed by atoms with Gasteiger partial charge in [0.2, 0.25) is 0 Å². The van der Waals surface area contributed by atoms with Crippen LogP contribution in [0.5, 0.6) is 0 Å². The Morgan fingerprint density at radius 3 is 1.79 bits per heavy atom. The van der Waals surface area contributed by atoms with Crippen molar-refractivity contribution in [1.29, 1.82) is 0 Å². The maximum atomic E-state index is 14.4. The maximum Gasteiger partial charge on any atom is 0.340 e. The molecule has 228 valence electrons. The zero-order chi connectivity index (χ0) is 30.7. The molecular formula is C29H37N3O8S2. The van der Waals surface area contributed by atoms with Crippen LogP contribution in [0.15, 0.2) is 69.7 Å². The molecule has 0 radical (unpaired) electrons. The van der Waals surface area contributed by atoms with Gasteiger partial charge in [0.1, 0.15) is 11.4 Å². The summed E-state index contributed by atoms with van der Waals surface area (Å²) in [7, 11) is -9.50. The highest BCUT2D eigenvalue weighted by Gasteiger charge is 2.57. The summed E-state index contributed by atoms with van der Waals surface area (Å²) in [6.07, 6.45) is 4.03. The van der Waals surface area contributed by atoms with Gasteiger partial charge in [-0.05, 0) is 64.8 Å². The minimum atomic E-state index is -4.78. The molecule has 1 aliphatic heterocycles. The van der Waals surface area contributed by atoms with E-state index in [1.165, 1.54) is 31.2 Å². The van der Waals surface area contributed by atoms with E-state index in [2.05, 4.69) is 5.32 Å². The quantitative estimate of drug-likeness (QED) is 0.396. The molecule has 1 aliphatic carbocycles. The number of hydrogen-bond acceptors (Lipinski definition) is 9. The van der Waals surface area contributed by atoms with E-state index < -0.39 is 43.6 Å². The molecule has 42 heavy (non-hydrogen) atoms. The zero-order valence-corrected chi connectivity index (χ0v) is 25.8. The molecule has 4 rings (SSSR count). The van der Waals surface area contributed by atoms with Gasteiger partial charge >= 0.3 is 11.9 Å². The lowest BCUT2D eigenvalue weighted by atomic mass is 9.95. The smallest absolute Gasteiger partial charge is 0.340 e. The normalized spacial score (nSPS) is 18.7. The maximum absolute atomic E-state index is 14.4. The minimum absolute atomic E-state index is 0.0932. The van der Waals surface area contributed by atoms with Crippen molar-refractivity contribution in [2.45, 2.75) is 81.7 Å². The van der Waals surface area contributed by atoms with E-state index in [0.29, 0.717) is 21.7 Å². The Labute approximate surface area is 247 Å². The highest BCUT2D eigenvalue weighted by molar-refractivity contribution is 7.92. The van der Waals surface area contributed by atoms with E-state index in [9.17, 15) is 26.4 Å². The van der Waals surface area contributed by atoms with Gasteiger partial charge in [0.15, 0.2) is 6.04 Å². The first-order chi connectivity index (χ1) is 19.9. The van der Waals surface area contributed by atoms with E-state index in [4.69, 9.17) is 9.47 Å². The first kappa shape index (κ1) is 31.5. The van der Waals surface area contributed by atoms with Crippen molar-refractivity contribution in [3.05, 3.63) is 71.1 Å². The SMILES string of the molecule is CCOC(=O)C1=C(NC2CCCCC2)N(S(=O)(=O)c2ccc(C)cc2)N(S(=O)(=O)c2ccc(C)cc2)C1C(=O)OCC. The van der Waals surface area contributed by atoms with Crippen LogP contribution in [-0.2, 0) is 39.1 Å². The number of hydrazine groups is 1. The molecule has 0 saturated heterocycles. The molecule has 11 nitrogen and oxygen atoms in total. The summed E-state index contributed by atoms with van der Waals surface area (Å²) in [6.45, 7) is 6.41. The first-order valence-corrected chi connectivity index (χ1v) is 16.9. The Bertz CT molecular complexity index is 1550. The topological polar surface area (TPSA) is 139 Å². The lowest BCUT2D eigenvalue weighted by Gasteiger charge is -2.34. The van der Waals surface area contributed by atoms with Crippen molar-refractivity contribution in [2.24, 2.45) is 0 Å². The molecule has 0 amide bonds. The van der Waals surface area contributed by atoms with Gasteiger partial charge in [-0.3, -0.25) is 0 Å². The molecule has 1 fully saturated rings. The number of ether oxygens (including phenoxy) is 2. The Morgan fingerprint density at radius 1 is 0.786 bits per heavy atom. The van der Waals surface area contributed by atoms with E-state index in [0.717, 1.165) is 30.4 Å². The van der Waals surface area contributed by atoms with Gasteiger partial charge in [-0.25, -0.2) is 18.0 Å². The summed E-state index contributed by atoms with van der Waals surface area (Å²) in [6, 6.07) is 9.36. The van der Waals surface area contributed by atoms with Crippen molar-refractivity contribution in [2.75, 3.05) is 13.2 Å². The molecule has 1 heterocycles. The second-order valence-electron chi connectivity index (χ2n) is 10.3. The number of benzene rings is 2. The number of aryl methyl sites for hydroxylation is 2. The molecule has 0 aromatic heterocycles. The molecule has 0 bridgehead atoms. The standard InChI is InChI=1S/C29H37N3O8S2/c1-5-39-28(33)25-26(29(34)40-6-2)31(41(35,36)23-16-12-20(3)13-17-23)32(27(25)30-22-10-8-7-9-11-22)42(37,38)24-18-14-21(4)15-19-24/h12-19,22,26,30H,5-11H2,1-4H3. The Hall–Kier alpha value is -3.42. The van der Waals surface area contributed by atoms with Crippen molar-refractivity contribution in [1.82, 2.24) is 14.1 Å². The largest absolute Gasteiger partial charge is 0.464 e. The number of hydrogen-bond donors (Lipinski definition) is 1. The number of nitrogens with one attached hydrogen (secondary N) is 1. The predicted molar refractivity (Wildman–Crippen MR) is 154 cm³/mol. The molecule has 2 aliphatic rings. The van der Waals surface area contributed by atoms with Gasteiger partial charge in [0.05, 0.1) is 23.0 Å². The second-order valence-corrected chi connectivity index (χ2v) is 13.8. The van der Waals surface area contributed by atoms with Crippen LogP contribution in [0, 0.1) is 13.8 Å². The van der Waals surface area contributed by atoms with E-state index in [1.54, 1.807) is 45.0 Å². The minimum Gasteiger partial charge on any atom is -0.464 e. The summed E-state index contributed by atoms with van der Waals surface area (Å²) in [5.74, 6) is -2.48. The fourth-order valence-corrected chi connectivity index (χ4v) is 8.40. The average molecular weight is 620 g/mol. The van der Waals surface area contributed by atoms with E-state index >= 15 is 0 Å². The van der Waals surface area contributed by atoms with Gasteiger partial charge in [-0.15, -0.1) is 0 Å². The van der Waals surface area contributed by atoms with Crippen molar-refractivity contribution in [3.8, 4) is 0 Å². The molecule has 13 heteroatoms. The Morgan fingerprint density at radius 2 is 1.29 bits per heavy atom. The van der Waals surface area contributed by atoms with Crippen LogP contribution >= 0.6 is 0 Å². The van der Waals surface area contributed by atoms with Crippen LogP contribution in [0.2, 0.25) is 0 Å². The van der Waals surface area contributed by atoms with Crippen LogP contribution in [0.1, 0.15) is 57.1 Å². The fourth-order valence-electron chi connectivity index (χ4n) is 5.06. The highest BCUT2D eigenvalue weighted by atomic mass is 32.2. The van der Waals surface area contributed by atoms with Gasteiger partial charge in [-0.1, -0.05) is 59.1 Å². The monoisotopic (exact) mass is 619 g/mol. The Kier molecular flexibility index (Phi) is 9.63. The highest BCUT2D eigenvalue weighted by Crippen LogP contribution is 2.40. The number of carbonyl (C=O) groups excluding carboxylic acids is 2. The van der Waals surface area contributed by atoms with Gasteiger partial charge in [0.25, 0.3) is 20.0 Å². The molecule has 1 atom stereocenters. The van der Waals surface area contributed by atoms with Crippen molar-refractivity contribution < 1.29 is 35.9 Å². The number of nitrogens with zero attached hydrogens (tertiary/aromatic N) is 2. The van der Waals surface area contributed by atoms with E-state index in [-0.39, 0.29) is 34.9 Å². The zero-order valence-electron chi connectivity index (χ0n) is 24.2. The third-order valence-corrected chi connectivity index (χ3v) is 10.7. The third kappa shape index (κ3) is 6.18. The molecule has 1 saturated carbocycles. The number of sulfonamides is 2. The fraction of sp³-hybridized carbons (Fsp3) is 0.448. The third-order valence-electron chi connectivity index (χ3n) is 7.18. The molecule has 1 unspecified atom stereocenters. The van der Waals surface area contributed by atoms with Crippen molar-refractivity contribution >= 4 is 32.0 Å². The lowest BCUT2D eigenvalue weighted by molar-refractivity contribution is -0.150. The predicted octanol–water partition coefficient (Wildman–Crippen LogP) is 3.54. The van der Waals surface area contributed by atoms with E-state index in [1.807, 2.05) is 0 Å². The molecule has 0 spiro atoms. The average Bonchev–Trinajstić information content (AvgIpc) is 3.31. The number of esters is 2. The molecule has 2 aromatic carbocycles. The van der Waals surface area contributed by atoms with Crippen LogP contribution < -0.4 is 5.32 Å². The summed E-state index contributed by atoms with van der Waals surface area (Å²) in [5, 5.41) is 3.15. The van der Waals surface area contributed by atoms with Crippen molar-refractivity contribution in [3.63, 3.8) is 0 Å². The molecule has 2 aromatic rings. The Balaban J connectivity index is 2.04. The van der Waals surface area contributed by atoms with Gasteiger partial charge < -0.3 is 14.8 Å². The molecular weight excluding hydrogens is 582 g/mol. The van der Waals surface area contributed by atoms with Crippen LogP contribution in [-0.4, -0.2) is 62.9 Å². The van der Waals surface area contributed by atoms with Gasteiger partial charge in [-0.2, -0.15) is 12.8 Å². The van der Waals surface area contributed by atoms with Gasteiger partial charge in [0, 0.05) is 6.04 Å². The summed E-state index contributed by atoms with van der Waals surface area (Å²) in [5.41, 5.74) is 1.10. The van der Waals surface area contributed by atoms with Crippen LogP contribution in [0.25, 0.3) is 0 Å². The summed E-state index contributed by atoms with van der Waals surface area (Å²) in [4.78, 5) is 26.6. The number of carbonyl (C=O) groups is 2. The first-order valence-electron chi connectivity index (χ1n) is 14.0.